The summed E-state index contributed by atoms with van der Waals surface area (Å²) in [6.45, 7) is 3.53. The highest BCUT2D eigenvalue weighted by Crippen LogP contribution is 2.33. The lowest BCUT2D eigenvalue weighted by Gasteiger charge is -2.15. The number of aromatic nitrogens is 8. The van der Waals surface area contributed by atoms with Gasteiger partial charge in [-0.2, -0.15) is 10.2 Å². The third-order valence-electron chi connectivity index (χ3n) is 6.89. The zero-order valence-corrected chi connectivity index (χ0v) is 20.4. The number of imidazole rings is 1. The van der Waals surface area contributed by atoms with Gasteiger partial charge in [-0.3, -0.25) is 20.1 Å². The van der Waals surface area contributed by atoms with Gasteiger partial charge in [-0.25, -0.2) is 14.4 Å². The molecule has 6 aromatic rings. The molecule has 0 atom stereocenters. The Balaban J connectivity index is 1.23. The van der Waals surface area contributed by atoms with Gasteiger partial charge < -0.3 is 9.72 Å². The van der Waals surface area contributed by atoms with Crippen molar-refractivity contribution in [3.63, 3.8) is 0 Å². The topological polar surface area (TPSA) is 124 Å². The fraction of sp³-hybridized carbons (Fsp3) is 0.222. The molecule has 5 aromatic heterocycles. The van der Waals surface area contributed by atoms with Crippen LogP contribution in [0.1, 0.15) is 12.8 Å². The van der Waals surface area contributed by atoms with Gasteiger partial charge in [0.15, 0.2) is 11.5 Å². The molecule has 3 N–H and O–H groups in total. The summed E-state index contributed by atoms with van der Waals surface area (Å²) in [6.07, 6.45) is 9.45. The average Bonchev–Trinajstić information content (AvgIpc) is 3.73. The maximum Gasteiger partial charge on any atom is 0.159 e. The number of hydrogen-bond acceptors (Lipinski definition) is 7. The second-order valence-electron chi connectivity index (χ2n) is 9.39. The van der Waals surface area contributed by atoms with Gasteiger partial charge in [0, 0.05) is 47.9 Å². The summed E-state index contributed by atoms with van der Waals surface area (Å²) < 4.78 is 20.5. The Kier molecular flexibility index (Phi) is 5.54. The van der Waals surface area contributed by atoms with E-state index in [1.807, 2.05) is 24.4 Å². The van der Waals surface area contributed by atoms with E-state index in [2.05, 4.69) is 40.2 Å². The van der Waals surface area contributed by atoms with Crippen LogP contribution in [0.3, 0.4) is 0 Å². The van der Waals surface area contributed by atoms with Gasteiger partial charge in [-0.05, 0) is 50.2 Å². The number of pyridine rings is 2. The molecule has 10 nitrogen and oxygen atoms in total. The first-order valence-corrected chi connectivity index (χ1v) is 12.6. The maximum atomic E-state index is 14.6. The van der Waals surface area contributed by atoms with Crippen LogP contribution < -0.4 is 4.74 Å². The molecular weight excluding hydrogens is 485 g/mol. The molecule has 0 unspecified atom stereocenters. The molecule has 0 amide bonds. The molecule has 0 saturated carbocycles. The quantitative estimate of drug-likeness (QED) is 0.288. The van der Waals surface area contributed by atoms with Crippen LogP contribution in [0.2, 0.25) is 0 Å². The number of aromatic amines is 3. The Morgan fingerprint density at radius 3 is 2.76 bits per heavy atom. The molecule has 0 spiro atoms. The number of likely N-dealkylation sites (tertiary alicyclic amines) is 1. The van der Waals surface area contributed by atoms with Crippen molar-refractivity contribution in [3.8, 4) is 39.7 Å². The molecule has 11 heteroatoms. The van der Waals surface area contributed by atoms with E-state index in [1.54, 1.807) is 18.6 Å². The van der Waals surface area contributed by atoms with Gasteiger partial charge in [-0.15, -0.1) is 0 Å². The van der Waals surface area contributed by atoms with Crippen LogP contribution >= 0.6 is 0 Å². The highest BCUT2D eigenvalue weighted by atomic mass is 19.1. The molecule has 0 aliphatic carbocycles. The van der Waals surface area contributed by atoms with Crippen molar-refractivity contribution in [3.05, 3.63) is 60.9 Å². The minimum Gasteiger partial charge on any atom is -0.492 e. The molecule has 0 bridgehead atoms. The molecule has 1 aliphatic heterocycles. The number of H-pyrrole nitrogens is 3. The van der Waals surface area contributed by atoms with E-state index in [1.165, 1.54) is 25.0 Å². The fourth-order valence-corrected chi connectivity index (χ4v) is 4.99. The highest BCUT2D eigenvalue weighted by Gasteiger charge is 2.18. The molecule has 190 valence electrons. The SMILES string of the molecule is Fc1cc(OCCN2CCCC2)cc(-c2nccc3[nH]c(-c4n[nH]c5ncc(-c6cn[nH]c6)cc45)nc23)c1. The van der Waals surface area contributed by atoms with Crippen LogP contribution in [0, 0.1) is 5.82 Å². The third kappa shape index (κ3) is 4.16. The number of halogens is 1. The van der Waals surface area contributed by atoms with Crippen LogP contribution in [0.15, 0.2) is 55.1 Å². The molecule has 6 heterocycles. The van der Waals surface area contributed by atoms with E-state index < -0.39 is 0 Å². The van der Waals surface area contributed by atoms with Crippen LogP contribution in [0.5, 0.6) is 5.75 Å². The Bertz CT molecular complexity index is 1730. The van der Waals surface area contributed by atoms with Crippen molar-refractivity contribution < 1.29 is 9.13 Å². The van der Waals surface area contributed by atoms with Crippen molar-refractivity contribution in [1.29, 1.82) is 0 Å². The molecule has 0 radical (unpaired) electrons. The van der Waals surface area contributed by atoms with Crippen molar-refractivity contribution in [2.45, 2.75) is 12.8 Å². The zero-order chi connectivity index (χ0) is 25.5. The van der Waals surface area contributed by atoms with Crippen LogP contribution in [-0.4, -0.2) is 71.5 Å². The average molecular weight is 510 g/mol. The Labute approximate surface area is 216 Å². The predicted octanol–water partition coefficient (Wildman–Crippen LogP) is 4.57. The number of nitrogens with zero attached hydrogens (tertiary/aromatic N) is 6. The zero-order valence-electron chi connectivity index (χ0n) is 20.4. The second-order valence-corrected chi connectivity index (χ2v) is 9.39. The lowest BCUT2D eigenvalue weighted by atomic mass is 10.1. The van der Waals surface area contributed by atoms with Gasteiger partial charge in [0.1, 0.15) is 29.4 Å². The molecule has 38 heavy (non-hydrogen) atoms. The standard InChI is InChI=1S/C27H24FN9O/c28-19-9-16(10-20(12-19)38-8-7-37-5-1-2-6-37)23-25-22(3-4-29-23)33-27(34-25)24-21-11-17(18-14-31-32-15-18)13-30-26(21)36-35-24/h3-4,9-15H,1-2,5-8H2,(H,31,32)(H,33,34)(H,30,35,36). The predicted molar refractivity (Wildman–Crippen MR) is 141 cm³/mol. The first kappa shape index (κ1) is 22.5. The normalized spacial score (nSPS) is 14.1. The minimum atomic E-state index is -0.385. The van der Waals surface area contributed by atoms with E-state index >= 15 is 0 Å². The molecule has 1 saturated heterocycles. The van der Waals surface area contributed by atoms with Crippen molar-refractivity contribution >= 4 is 22.1 Å². The summed E-state index contributed by atoms with van der Waals surface area (Å²) in [6, 6.07) is 8.51. The highest BCUT2D eigenvalue weighted by molar-refractivity contribution is 5.96. The summed E-state index contributed by atoms with van der Waals surface area (Å²) in [4.78, 5) is 19.6. The van der Waals surface area contributed by atoms with Gasteiger partial charge >= 0.3 is 0 Å². The lowest BCUT2D eigenvalue weighted by molar-refractivity contribution is 0.237. The summed E-state index contributed by atoms with van der Waals surface area (Å²) in [5.41, 5.74) is 5.65. The maximum absolute atomic E-state index is 14.6. The third-order valence-corrected chi connectivity index (χ3v) is 6.89. The smallest absolute Gasteiger partial charge is 0.159 e. The second kappa shape index (κ2) is 9.34. The van der Waals surface area contributed by atoms with Gasteiger partial charge in [0.05, 0.1) is 22.8 Å². The summed E-state index contributed by atoms with van der Waals surface area (Å²) in [7, 11) is 0. The Morgan fingerprint density at radius 2 is 1.89 bits per heavy atom. The number of nitrogens with one attached hydrogen (secondary N) is 3. The largest absolute Gasteiger partial charge is 0.492 e. The van der Waals surface area contributed by atoms with E-state index in [0.29, 0.717) is 46.3 Å². The number of rotatable bonds is 7. The van der Waals surface area contributed by atoms with Gasteiger partial charge in [0.25, 0.3) is 0 Å². The van der Waals surface area contributed by atoms with E-state index in [-0.39, 0.29) is 5.82 Å². The summed E-state index contributed by atoms with van der Waals surface area (Å²) in [5, 5.41) is 15.1. The van der Waals surface area contributed by atoms with Crippen LogP contribution in [0.25, 0.3) is 56.0 Å². The molecular formula is C27H24FN9O. The Hall–Kier alpha value is -4.64. The van der Waals surface area contributed by atoms with Crippen molar-refractivity contribution in [1.82, 2.24) is 45.2 Å². The van der Waals surface area contributed by atoms with E-state index in [0.717, 1.165) is 41.7 Å². The molecule has 1 aliphatic rings. The molecule has 1 fully saturated rings. The van der Waals surface area contributed by atoms with Crippen molar-refractivity contribution in [2.75, 3.05) is 26.2 Å². The number of hydrogen-bond donors (Lipinski definition) is 3. The fourth-order valence-electron chi connectivity index (χ4n) is 4.99. The summed E-state index contributed by atoms with van der Waals surface area (Å²) in [5.74, 6) is 0.652. The first-order chi connectivity index (χ1) is 18.7. The number of fused-ring (bicyclic) bond motifs is 2. The van der Waals surface area contributed by atoms with E-state index in [9.17, 15) is 4.39 Å². The first-order valence-electron chi connectivity index (χ1n) is 12.6. The summed E-state index contributed by atoms with van der Waals surface area (Å²) >= 11 is 0. The van der Waals surface area contributed by atoms with Crippen LogP contribution in [-0.2, 0) is 0 Å². The van der Waals surface area contributed by atoms with Gasteiger partial charge in [0.2, 0.25) is 0 Å². The number of benzene rings is 1. The monoisotopic (exact) mass is 509 g/mol. The van der Waals surface area contributed by atoms with Crippen molar-refractivity contribution in [2.24, 2.45) is 0 Å². The van der Waals surface area contributed by atoms with Crippen LogP contribution in [0.4, 0.5) is 4.39 Å². The van der Waals surface area contributed by atoms with E-state index in [4.69, 9.17) is 9.72 Å². The Morgan fingerprint density at radius 1 is 0.974 bits per heavy atom. The van der Waals surface area contributed by atoms with Gasteiger partial charge in [-0.1, -0.05) is 0 Å². The minimum absolute atomic E-state index is 0.385. The molecule has 7 rings (SSSR count). The molecule has 1 aromatic carbocycles. The number of ether oxygens (including phenoxy) is 1. The lowest BCUT2D eigenvalue weighted by Crippen LogP contribution is -2.25.